The molecule has 16 nitrogen and oxygen atoms in total. The van der Waals surface area contributed by atoms with Crippen LogP contribution in [0.1, 0.15) is 96.4 Å². The molecule has 2 aromatic heterocycles. The van der Waals surface area contributed by atoms with E-state index in [1.165, 1.54) is 14.2 Å². The maximum absolute atomic E-state index is 14.4. The minimum absolute atomic E-state index is 0.0863. The second-order valence-corrected chi connectivity index (χ2v) is 20.1. The van der Waals surface area contributed by atoms with Crippen LogP contribution in [0.2, 0.25) is 0 Å². The number of nitrogens with zero attached hydrogens (tertiary/aromatic N) is 4. The molecule has 3 aromatic carbocycles. The van der Waals surface area contributed by atoms with E-state index in [1.54, 1.807) is 0 Å². The van der Waals surface area contributed by atoms with Crippen LogP contribution in [0.5, 0.6) is 0 Å². The summed E-state index contributed by atoms with van der Waals surface area (Å²) in [6.45, 7) is 11.7. The van der Waals surface area contributed by atoms with E-state index in [2.05, 4.69) is 69.1 Å². The van der Waals surface area contributed by atoms with E-state index >= 15 is 0 Å². The first-order valence-electron chi connectivity index (χ1n) is 23.8. The summed E-state index contributed by atoms with van der Waals surface area (Å²) < 4.78 is 21.3. The van der Waals surface area contributed by atoms with Crippen LogP contribution in [0.15, 0.2) is 60.7 Å². The molecule has 5 aromatic rings. The highest BCUT2D eigenvalue weighted by molar-refractivity contribution is 5.88. The second-order valence-electron chi connectivity index (χ2n) is 20.1. The Morgan fingerprint density at radius 1 is 0.657 bits per heavy atom. The van der Waals surface area contributed by atoms with Crippen molar-refractivity contribution in [1.82, 2.24) is 40.4 Å². The second kappa shape index (κ2) is 18.9. The standard InChI is InChI=1S/C51H64N8O8/c1-30(2)23-40(56-48(62)64-5)46(60)58-28-50(15-19-66-20-16-50)26-41(58)44-52-36-13-11-34(24-38(36)54-44)32-7-9-33(10-8-32)35-12-14-37-39(25-35)55-45(53-37)42-27-51(17-21-67-22-18-51)29-59(42)47(61)43(31(3)4)57-49(63)65-6/h7-14,24-25,30-31,40-43H,15-23,26-29H2,1-6H3,(H,52,54)(H,53,55)(H,56,62)(H,57,63)/t40-,41-,42-,43-/m0/s1. The molecule has 4 N–H and O–H groups in total. The molecular weight excluding hydrogens is 853 g/mol. The number of carbonyl (C=O) groups excluding carboxylic acids is 4. The van der Waals surface area contributed by atoms with Gasteiger partial charge >= 0.3 is 12.2 Å². The molecule has 4 fully saturated rings. The van der Waals surface area contributed by atoms with Crippen molar-refractivity contribution in [1.29, 1.82) is 0 Å². The number of methoxy groups -OCH3 is 2. The molecule has 0 saturated carbocycles. The van der Waals surface area contributed by atoms with Crippen LogP contribution >= 0.6 is 0 Å². The predicted molar refractivity (Wildman–Crippen MR) is 253 cm³/mol. The summed E-state index contributed by atoms with van der Waals surface area (Å²) in [4.78, 5) is 74.4. The molecule has 6 heterocycles. The number of carbonyl (C=O) groups is 4. The van der Waals surface area contributed by atoms with Gasteiger partial charge in [-0.2, -0.15) is 0 Å². The lowest BCUT2D eigenvalue weighted by Gasteiger charge is -2.34. The van der Waals surface area contributed by atoms with Crippen LogP contribution in [-0.4, -0.2) is 120 Å². The highest BCUT2D eigenvalue weighted by Gasteiger charge is 2.51. The molecule has 0 radical (unpaired) electrons. The molecule has 356 valence electrons. The molecule has 4 aliphatic heterocycles. The van der Waals surface area contributed by atoms with Crippen LogP contribution in [0.25, 0.3) is 44.3 Å². The lowest BCUT2D eigenvalue weighted by atomic mass is 9.78. The van der Waals surface area contributed by atoms with Gasteiger partial charge in [0, 0.05) is 39.5 Å². The predicted octanol–water partition coefficient (Wildman–Crippen LogP) is 8.06. The van der Waals surface area contributed by atoms with Crippen molar-refractivity contribution in [3.63, 3.8) is 0 Å². The fourth-order valence-electron chi connectivity index (χ4n) is 11.0. The number of alkyl carbamates (subject to hydrolysis) is 2. The van der Waals surface area contributed by atoms with E-state index in [1.807, 2.05) is 49.6 Å². The lowest BCUT2D eigenvalue weighted by molar-refractivity contribution is -0.136. The lowest BCUT2D eigenvalue weighted by Crippen LogP contribution is -2.51. The minimum atomic E-state index is -0.736. The molecule has 0 aliphatic carbocycles. The van der Waals surface area contributed by atoms with Crippen molar-refractivity contribution in [2.75, 3.05) is 53.7 Å². The average molecular weight is 917 g/mol. The number of amides is 4. The Bertz CT molecular complexity index is 2610. The summed E-state index contributed by atoms with van der Waals surface area (Å²) in [7, 11) is 2.62. The number of benzene rings is 3. The molecule has 2 spiro atoms. The highest BCUT2D eigenvalue weighted by Crippen LogP contribution is 2.50. The van der Waals surface area contributed by atoms with Gasteiger partial charge in [0.25, 0.3) is 0 Å². The smallest absolute Gasteiger partial charge is 0.407 e. The van der Waals surface area contributed by atoms with Crippen LogP contribution in [-0.2, 0) is 28.5 Å². The van der Waals surface area contributed by atoms with Gasteiger partial charge < -0.3 is 49.3 Å². The van der Waals surface area contributed by atoms with Crippen LogP contribution < -0.4 is 10.6 Å². The summed E-state index contributed by atoms with van der Waals surface area (Å²) in [5, 5.41) is 5.59. The van der Waals surface area contributed by atoms with E-state index in [4.69, 9.17) is 28.9 Å². The molecule has 9 rings (SSSR count). The molecule has 67 heavy (non-hydrogen) atoms. The van der Waals surface area contributed by atoms with Crippen molar-refractivity contribution in [2.24, 2.45) is 22.7 Å². The Morgan fingerprint density at radius 3 is 1.52 bits per heavy atom. The fourth-order valence-corrected chi connectivity index (χ4v) is 11.0. The number of imidazole rings is 2. The van der Waals surface area contributed by atoms with Crippen LogP contribution in [0.3, 0.4) is 0 Å². The zero-order valence-corrected chi connectivity index (χ0v) is 39.5. The molecule has 16 heteroatoms. The summed E-state index contributed by atoms with van der Waals surface area (Å²) in [5.74, 6) is 1.25. The number of likely N-dealkylation sites (tertiary alicyclic amines) is 2. The number of rotatable bonds is 11. The summed E-state index contributed by atoms with van der Waals surface area (Å²) in [6.07, 6.45) is 4.21. The largest absolute Gasteiger partial charge is 0.453 e. The minimum Gasteiger partial charge on any atom is -0.453 e. The first kappa shape index (κ1) is 46.1. The number of aromatic amines is 2. The SMILES string of the molecule is COC(=O)N[C@@H](CC(C)C)C(=O)N1CC2(CCOCC2)C[C@H]1c1nc2ccc(-c3ccc(-c4ccc5nc([C@@H]6CC7(CCOCC7)CN6C(=O)[C@@H](NC(=O)OC)C(C)C)[nH]c5c4)cc3)cc2[nH]1. The van der Waals surface area contributed by atoms with Crippen molar-refractivity contribution in [3.05, 3.63) is 72.3 Å². The maximum Gasteiger partial charge on any atom is 0.407 e. The fraction of sp³-hybridized carbons (Fsp3) is 0.529. The Balaban J connectivity index is 0.948. The zero-order chi connectivity index (χ0) is 47.0. The first-order chi connectivity index (χ1) is 32.3. The zero-order valence-electron chi connectivity index (χ0n) is 39.5. The number of hydrogen-bond acceptors (Lipinski definition) is 10. The monoisotopic (exact) mass is 916 g/mol. The quantitative estimate of drug-likeness (QED) is 0.101. The van der Waals surface area contributed by atoms with E-state index in [-0.39, 0.29) is 46.6 Å². The normalized spacial score (nSPS) is 21.1. The Labute approximate surface area is 391 Å². The Hall–Kier alpha value is -6.00. The van der Waals surface area contributed by atoms with Crippen LogP contribution in [0.4, 0.5) is 9.59 Å². The molecule has 0 bridgehead atoms. The van der Waals surface area contributed by atoms with Gasteiger partial charge in [-0.15, -0.1) is 0 Å². The molecule has 4 saturated heterocycles. The van der Waals surface area contributed by atoms with E-state index in [9.17, 15) is 19.2 Å². The third-order valence-corrected chi connectivity index (χ3v) is 14.7. The van der Waals surface area contributed by atoms with Crippen molar-refractivity contribution in [2.45, 2.75) is 96.8 Å². The van der Waals surface area contributed by atoms with E-state index < -0.39 is 24.3 Å². The van der Waals surface area contributed by atoms with E-state index in [0.717, 1.165) is 94.5 Å². The van der Waals surface area contributed by atoms with E-state index in [0.29, 0.717) is 45.9 Å². The third-order valence-electron chi connectivity index (χ3n) is 14.7. The van der Waals surface area contributed by atoms with Gasteiger partial charge in [-0.05, 0) is 114 Å². The van der Waals surface area contributed by atoms with Crippen molar-refractivity contribution >= 4 is 46.1 Å². The highest BCUT2D eigenvalue weighted by atomic mass is 16.5. The number of nitrogens with one attached hydrogen (secondary N) is 4. The van der Waals surface area contributed by atoms with Gasteiger partial charge in [0.15, 0.2) is 0 Å². The maximum atomic E-state index is 14.4. The first-order valence-corrected chi connectivity index (χ1v) is 23.8. The van der Waals surface area contributed by atoms with Gasteiger partial charge in [-0.3, -0.25) is 9.59 Å². The number of fused-ring (bicyclic) bond motifs is 2. The number of aromatic nitrogens is 4. The molecule has 4 atom stereocenters. The van der Waals surface area contributed by atoms with Gasteiger partial charge in [0.1, 0.15) is 23.7 Å². The molecular formula is C51H64N8O8. The topological polar surface area (TPSA) is 193 Å². The average Bonchev–Trinajstić information content (AvgIpc) is 4.13. The van der Waals surface area contributed by atoms with Crippen LogP contribution in [0, 0.1) is 22.7 Å². The molecule has 4 aliphatic rings. The molecule has 0 unspecified atom stereocenters. The molecule has 4 amide bonds. The Kier molecular flexibility index (Phi) is 13.0. The number of hydrogen-bond donors (Lipinski definition) is 4. The number of H-pyrrole nitrogens is 2. The van der Waals surface area contributed by atoms with Crippen molar-refractivity contribution < 1.29 is 38.1 Å². The summed E-state index contributed by atoms with van der Waals surface area (Å²) in [5.41, 5.74) is 7.38. The van der Waals surface area contributed by atoms with Gasteiger partial charge in [0.05, 0.1) is 48.4 Å². The van der Waals surface area contributed by atoms with Crippen molar-refractivity contribution in [3.8, 4) is 22.3 Å². The third kappa shape index (κ3) is 9.47. The van der Waals surface area contributed by atoms with Gasteiger partial charge in [-0.1, -0.05) is 64.1 Å². The number of ether oxygens (including phenoxy) is 4. The summed E-state index contributed by atoms with van der Waals surface area (Å²) >= 11 is 0. The van der Waals surface area contributed by atoms with Gasteiger partial charge in [0.2, 0.25) is 11.8 Å². The summed E-state index contributed by atoms with van der Waals surface area (Å²) in [6, 6.07) is 18.9. The Morgan fingerprint density at radius 2 is 1.09 bits per heavy atom. The van der Waals surface area contributed by atoms with Gasteiger partial charge in [-0.25, -0.2) is 19.6 Å².